The summed E-state index contributed by atoms with van der Waals surface area (Å²) < 4.78 is 0. The molecule has 0 saturated heterocycles. The van der Waals surface area contributed by atoms with Gasteiger partial charge in [0, 0.05) is 18.3 Å². The van der Waals surface area contributed by atoms with Gasteiger partial charge in [0.15, 0.2) is 0 Å². The van der Waals surface area contributed by atoms with Gasteiger partial charge in [0.1, 0.15) is 0 Å². The normalized spacial score (nSPS) is 24.8. The Kier molecular flexibility index (Phi) is 4.43. The number of anilines is 1. The van der Waals surface area contributed by atoms with Gasteiger partial charge in [0.2, 0.25) is 0 Å². The van der Waals surface area contributed by atoms with Crippen LogP contribution in [0.5, 0.6) is 0 Å². The molecule has 1 saturated carbocycles. The van der Waals surface area contributed by atoms with Crippen LogP contribution >= 0.6 is 0 Å². The third kappa shape index (κ3) is 3.47. The first-order chi connectivity index (χ1) is 8.29. The molecule has 0 amide bonds. The fourth-order valence-corrected chi connectivity index (χ4v) is 2.80. The largest absolute Gasteiger partial charge is 0.398 e. The van der Waals surface area contributed by atoms with Crippen molar-refractivity contribution in [3.63, 3.8) is 0 Å². The van der Waals surface area contributed by atoms with Crippen molar-refractivity contribution in [2.75, 3.05) is 5.73 Å². The average Bonchev–Trinajstić information content (AvgIpc) is 2.38. The van der Waals surface area contributed by atoms with Crippen molar-refractivity contribution >= 4 is 5.69 Å². The van der Waals surface area contributed by atoms with Gasteiger partial charge in [-0.3, -0.25) is 0 Å². The summed E-state index contributed by atoms with van der Waals surface area (Å²) in [5.41, 5.74) is 8.08. The third-order valence-corrected chi connectivity index (χ3v) is 4.00. The minimum Gasteiger partial charge on any atom is -0.398 e. The Morgan fingerprint density at radius 3 is 2.88 bits per heavy atom. The number of rotatable bonds is 4. The predicted octanol–water partition coefficient (Wildman–Crippen LogP) is 3.33. The summed E-state index contributed by atoms with van der Waals surface area (Å²) in [6, 6.07) is 8.83. The van der Waals surface area contributed by atoms with Crippen LogP contribution in [0.25, 0.3) is 0 Å². The molecular formula is C15H24N2. The third-order valence-electron chi connectivity index (χ3n) is 4.00. The van der Waals surface area contributed by atoms with E-state index in [0.29, 0.717) is 6.04 Å². The van der Waals surface area contributed by atoms with Crippen LogP contribution in [0.15, 0.2) is 24.3 Å². The first-order valence-electron chi connectivity index (χ1n) is 6.86. The molecule has 2 rings (SSSR count). The lowest BCUT2D eigenvalue weighted by molar-refractivity contribution is 0.278. The number of nitrogens with two attached hydrogens (primary N) is 1. The molecule has 0 spiro atoms. The Labute approximate surface area is 105 Å². The van der Waals surface area contributed by atoms with Gasteiger partial charge < -0.3 is 11.1 Å². The van der Waals surface area contributed by atoms with Crippen LogP contribution in [0.1, 0.15) is 44.6 Å². The molecule has 3 N–H and O–H groups in total. The van der Waals surface area contributed by atoms with Gasteiger partial charge in [0.05, 0.1) is 0 Å². The van der Waals surface area contributed by atoms with Crippen LogP contribution in [0.2, 0.25) is 0 Å². The van der Waals surface area contributed by atoms with Gasteiger partial charge in [0.25, 0.3) is 0 Å². The van der Waals surface area contributed by atoms with E-state index in [1.807, 2.05) is 12.1 Å². The molecule has 0 heterocycles. The Morgan fingerprint density at radius 1 is 1.29 bits per heavy atom. The summed E-state index contributed by atoms with van der Waals surface area (Å²) in [7, 11) is 0. The SMILES string of the molecule is CCC1CCCC(NCc2ccccc2N)C1. The molecule has 2 heteroatoms. The smallest absolute Gasteiger partial charge is 0.0359 e. The van der Waals surface area contributed by atoms with Crippen LogP contribution in [-0.4, -0.2) is 6.04 Å². The van der Waals surface area contributed by atoms with Crippen LogP contribution in [0.3, 0.4) is 0 Å². The zero-order chi connectivity index (χ0) is 12.1. The number of benzene rings is 1. The van der Waals surface area contributed by atoms with E-state index in [-0.39, 0.29) is 0 Å². The summed E-state index contributed by atoms with van der Waals surface area (Å²) >= 11 is 0. The minimum atomic E-state index is 0.688. The monoisotopic (exact) mass is 232 g/mol. The predicted molar refractivity (Wildman–Crippen MR) is 73.7 cm³/mol. The van der Waals surface area contributed by atoms with Crippen molar-refractivity contribution in [1.82, 2.24) is 5.32 Å². The van der Waals surface area contributed by atoms with Gasteiger partial charge in [-0.05, 0) is 30.4 Å². The van der Waals surface area contributed by atoms with E-state index >= 15 is 0 Å². The minimum absolute atomic E-state index is 0.688. The molecule has 0 radical (unpaired) electrons. The molecule has 94 valence electrons. The fraction of sp³-hybridized carbons (Fsp3) is 0.600. The molecular weight excluding hydrogens is 208 g/mol. The first kappa shape index (κ1) is 12.4. The van der Waals surface area contributed by atoms with E-state index in [4.69, 9.17) is 5.73 Å². The van der Waals surface area contributed by atoms with E-state index in [1.165, 1.54) is 37.7 Å². The maximum absolute atomic E-state index is 5.95. The Morgan fingerprint density at radius 2 is 2.12 bits per heavy atom. The van der Waals surface area contributed by atoms with Crippen LogP contribution in [0, 0.1) is 5.92 Å². The average molecular weight is 232 g/mol. The molecule has 2 nitrogen and oxygen atoms in total. The Balaban J connectivity index is 1.84. The maximum Gasteiger partial charge on any atom is 0.0359 e. The summed E-state index contributed by atoms with van der Waals surface area (Å²) in [5, 5.41) is 3.66. The second-order valence-corrected chi connectivity index (χ2v) is 5.22. The quantitative estimate of drug-likeness (QED) is 0.781. The molecule has 1 fully saturated rings. The lowest BCUT2D eigenvalue weighted by Crippen LogP contribution is -2.33. The molecule has 1 aromatic rings. The van der Waals surface area contributed by atoms with Gasteiger partial charge in [-0.1, -0.05) is 44.4 Å². The highest BCUT2D eigenvalue weighted by Crippen LogP contribution is 2.26. The highest BCUT2D eigenvalue weighted by atomic mass is 14.9. The lowest BCUT2D eigenvalue weighted by Gasteiger charge is -2.29. The van der Waals surface area contributed by atoms with Crippen LogP contribution in [0.4, 0.5) is 5.69 Å². The number of para-hydroxylation sites is 1. The van der Waals surface area contributed by atoms with Crippen LogP contribution < -0.4 is 11.1 Å². The van der Waals surface area contributed by atoms with Gasteiger partial charge in [-0.15, -0.1) is 0 Å². The lowest BCUT2D eigenvalue weighted by atomic mass is 9.84. The molecule has 2 unspecified atom stereocenters. The molecule has 17 heavy (non-hydrogen) atoms. The first-order valence-corrected chi connectivity index (χ1v) is 6.86. The number of hydrogen-bond donors (Lipinski definition) is 2. The molecule has 0 bridgehead atoms. The van der Waals surface area contributed by atoms with E-state index in [0.717, 1.165) is 18.2 Å². The van der Waals surface area contributed by atoms with Crippen molar-refractivity contribution in [2.24, 2.45) is 5.92 Å². The number of nitrogens with one attached hydrogen (secondary N) is 1. The standard InChI is InChI=1S/C15H24N2/c1-2-12-6-5-8-14(10-12)17-11-13-7-3-4-9-15(13)16/h3-4,7,9,12,14,17H,2,5-6,8,10-11,16H2,1H3. The van der Waals surface area contributed by atoms with E-state index in [9.17, 15) is 0 Å². The van der Waals surface area contributed by atoms with Gasteiger partial charge in [-0.2, -0.15) is 0 Å². The Hall–Kier alpha value is -1.02. The summed E-state index contributed by atoms with van der Waals surface area (Å²) in [4.78, 5) is 0. The zero-order valence-corrected chi connectivity index (χ0v) is 10.8. The molecule has 2 atom stereocenters. The second-order valence-electron chi connectivity index (χ2n) is 5.22. The van der Waals surface area contributed by atoms with Crippen molar-refractivity contribution < 1.29 is 0 Å². The molecule has 1 aromatic carbocycles. The fourth-order valence-electron chi connectivity index (χ4n) is 2.80. The van der Waals surface area contributed by atoms with E-state index in [2.05, 4.69) is 24.4 Å². The van der Waals surface area contributed by atoms with Crippen molar-refractivity contribution in [3.05, 3.63) is 29.8 Å². The van der Waals surface area contributed by atoms with Gasteiger partial charge in [-0.25, -0.2) is 0 Å². The molecule has 1 aliphatic rings. The second kappa shape index (κ2) is 6.06. The maximum atomic E-state index is 5.95. The topological polar surface area (TPSA) is 38.0 Å². The zero-order valence-electron chi connectivity index (χ0n) is 10.8. The van der Waals surface area contributed by atoms with Gasteiger partial charge >= 0.3 is 0 Å². The van der Waals surface area contributed by atoms with Crippen molar-refractivity contribution in [1.29, 1.82) is 0 Å². The highest BCUT2D eigenvalue weighted by Gasteiger charge is 2.20. The summed E-state index contributed by atoms with van der Waals surface area (Å²) in [5.74, 6) is 0.925. The van der Waals surface area contributed by atoms with E-state index < -0.39 is 0 Å². The van der Waals surface area contributed by atoms with Crippen LogP contribution in [-0.2, 0) is 6.54 Å². The van der Waals surface area contributed by atoms with E-state index in [1.54, 1.807) is 0 Å². The molecule has 0 aliphatic heterocycles. The molecule has 1 aliphatic carbocycles. The molecule has 0 aromatic heterocycles. The van der Waals surface area contributed by atoms with Crippen molar-refractivity contribution in [2.45, 2.75) is 51.6 Å². The number of nitrogen functional groups attached to an aromatic ring is 1. The number of hydrogen-bond acceptors (Lipinski definition) is 2. The Bertz CT molecular complexity index is 349. The highest BCUT2D eigenvalue weighted by molar-refractivity contribution is 5.46. The van der Waals surface area contributed by atoms with Crippen molar-refractivity contribution in [3.8, 4) is 0 Å². The summed E-state index contributed by atoms with van der Waals surface area (Å²) in [6.45, 7) is 3.22. The summed E-state index contributed by atoms with van der Waals surface area (Å²) in [6.07, 6.45) is 6.78.